The van der Waals surface area contributed by atoms with Crippen LogP contribution in [0.4, 0.5) is 0 Å². The molecule has 0 saturated heterocycles. The lowest BCUT2D eigenvalue weighted by Gasteiger charge is -1.98. The number of rotatable bonds is 7. The smallest absolute Gasteiger partial charge is 0.0404 e. The molecule has 0 aliphatic heterocycles. The summed E-state index contributed by atoms with van der Waals surface area (Å²) in [5, 5.41) is 3.30. The monoisotopic (exact) mass is 193 g/mol. The Labute approximate surface area is 78.6 Å². The fourth-order valence-electron chi connectivity index (χ4n) is 0.673. The van der Waals surface area contributed by atoms with Gasteiger partial charge in [-0.05, 0) is 25.0 Å². The first-order chi connectivity index (χ1) is 5.41. The van der Waals surface area contributed by atoms with Gasteiger partial charge in [0.25, 0.3) is 0 Å². The van der Waals surface area contributed by atoms with Crippen LogP contribution in [0.3, 0.4) is 0 Å². The molecular formula is C8H16ClNS. The minimum Gasteiger partial charge on any atom is -0.313 e. The summed E-state index contributed by atoms with van der Waals surface area (Å²) in [4.78, 5) is 0. The van der Waals surface area contributed by atoms with Gasteiger partial charge in [0.05, 0.1) is 0 Å². The van der Waals surface area contributed by atoms with Crippen molar-refractivity contribution in [3.8, 4) is 0 Å². The fourth-order valence-corrected chi connectivity index (χ4v) is 1.23. The van der Waals surface area contributed by atoms with E-state index in [4.69, 9.17) is 11.6 Å². The number of nitrogens with one attached hydrogen (secondary N) is 1. The quantitative estimate of drug-likeness (QED) is 0.378. The van der Waals surface area contributed by atoms with Crippen LogP contribution in [0.1, 0.15) is 6.42 Å². The fraction of sp³-hybridized carbons (Fsp3) is 0.750. The van der Waals surface area contributed by atoms with Crippen molar-refractivity contribution in [2.24, 2.45) is 0 Å². The summed E-state index contributed by atoms with van der Waals surface area (Å²) >= 11 is 7.34. The molecule has 0 spiro atoms. The van der Waals surface area contributed by atoms with E-state index in [1.165, 1.54) is 12.2 Å². The highest BCUT2D eigenvalue weighted by molar-refractivity contribution is 7.98. The predicted molar refractivity (Wildman–Crippen MR) is 55.7 cm³/mol. The SMILES string of the molecule is CSCCCNC/C=C/CCl. The molecular weight excluding hydrogens is 178 g/mol. The zero-order valence-corrected chi connectivity index (χ0v) is 8.55. The van der Waals surface area contributed by atoms with Crippen LogP contribution in [0.15, 0.2) is 12.2 Å². The minimum absolute atomic E-state index is 0.618. The van der Waals surface area contributed by atoms with Crippen molar-refractivity contribution in [2.45, 2.75) is 6.42 Å². The summed E-state index contributed by atoms with van der Waals surface area (Å²) in [6.45, 7) is 2.05. The Balaban J connectivity index is 2.85. The number of thioether (sulfide) groups is 1. The van der Waals surface area contributed by atoms with Crippen molar-refractivity contribution in [1.29, 1.82) is 0 Å². The summed E-state index contributed by atoms with van der Waals surface area (Å²) in [6, 6.07) is 0. The molecule has 0 atom stereocenters. The molecule has 0 aromatic heterocycles. The number of halogens is 1. The maximum atomic E-state index is 5.45. The van der Waals surface area contributed by atoms with Gasteiger partial charge in [0.2, 0.25) is 0 Å². The van der Waals surface area contributed by atoms with Crippen molar-refractivity contribution >= 4 is 23.4 Å². The molecule has 0 bridgehead atoms. The molecule has 0 aromatic rings. The van der Waals surface area contributed by atoms with E-state index in [0.29, 0.717) is 5.88 Å². The highest BCUT2D eigenvalue weighted by atomic mass is 35.5. The highest BCUT2D eigenvalue weighted by Crippen LogP contribution is 1.92. The van der Waals surface area contributed by atoms with Crippen molar-refractivity contribution in [1.82, 2.24) is 5.32 Å². The standard InChI is InChI=1S/C8H16ClNS/c1-11-8-4-7-10-6-3-2-5-9/h2-3,10H,4-8H2,1H3/b3-2+. The molecule has 0 fully saturated rings. The Morgan fingerprint density at radius 2 is 2.27 bits per heavy atom. The third kappa shape index (κ3) is 10.3. The summed E-state index contributed by atoms with van der Waals surface area (Å²) in [7, 11) is 0. The van der Waals surface area contributed by atoms with Crippen molar-refractivity contribution < 1.29 is 0 Å². The molecule has 0 saturated carbocycles. The molecule has 0 radical (unpaired) electrons. The lowest BCUT2D eigenvalue weighted by atomic mass is 10.4. The average Bonchev–Trinajstić information content (AvgIpc) is 2.03. The molecule has 3 heteroatoms. The van der Waals surface area contributed by atoms with Gasteiger partial charge in [-0.3, -0.25) is 0 Å². The second-order valence-corrected chi connectivity index (χ2v) is 3.47. The van der Waals surface area contributed by atoms with Crippen molar-refractivity contribution in [3.05, 3.63) is 12.2 Å². The van der Waals surface area contributed by atoms with E-state index in [1.54, 1.807) is 0 Å². The molecule has 0 aliphatic carbocycles. The molecule has 1 nitrogen and oxygen atoms in total. The largest absolute Gasteiger partial charge is 0.313 e. The van der Waals surface area contributed by atoms with Crippen LogP contribution in [-0.4, -0.2) is 31.0 Å². The molecule has 0 aromatic carbocycles. The minimum atomic E-state index is 0.618. The lowest BCUT2D eigenvalue weighted by molar-refractivity contribution is 0.733. The van der Waals surface area contributed by atoms with Crippen LogP contribution < -0.4 is 5.32 Å². The van der Waals surface area contributed by atoms with E-state index in [1.807, 2.05) is 17.8 Å². The molecule has 11 heavy (non-hydrogen) atoms. The zero-order chi connectivity index (χ0) is 8.36. The Hall–Kier alpha value is 0.340. The van der Waals surface area contributed by atoms with E-state index in [9.17, 15) is 0 Å². The number of alkyl halides is 1. The normalized spacial score (nSPS) is 11.1. The van der Waals surface area contributed by atoms with Crippen LogP contribution in [0.2, 0.25) is 0 Å². The number of allylic oxidation sites excluding steroid dienone is 1. The first-order valence-electron chi connectivity index (χ1n) is 3.82. The van der Waals surface area contributed by atoms with Crippen molar-refractivity contribution in [3.63, 3.8) is 0 Å². The third-order valence-electron chi connectivity index (χ3n) is 1.22. The van der Waals surface area contributed by atoms with Crippen LogP contribution in [0, 0.1) is 0 Å². The molecule has 1 N–H and O–H groups in total. The Morgan fingerprint density at radius 3 is 2.91 bits per heavy atom. The van der Waals surface area contributed by atoms with Gasteiger partial charge in [-0.1, -0.05) is 12.2 Å². The Kier molecular flexibility index (Phi) is 10.7. The second-order valence-electron chi connectivity index (χ2n) is 2.18. The van der Waals surface area contributed by atoms with Gasteiger partial charge in [0, 0.05) is 12.4 Å². The van der Waals surface area contributed by atoms with E-state index in [2.05, 4.69) is 17.6 Å². The Morgan fingerprint density at radius 1 is 1.45 bits per heavy atom. The first-order valence-corrected chi connectivity index (χ1v) is 5.75. The third-order valence-corrected chi connectivity index (χ3v) is 2.10. The van der Waals surface area contributed by atoms with Gasteiger partial charge >= 0.3 is 0 Å². The van der Waals surface area contributed by atoms with E-state index in [0.717, 1.165) is 13.1 Å². The predicted octanol–water partition coefficient (Wildman–Crippen LogP) is 2.12. The number of hydrogen-bond donors (Lipinski definition) is 1. The average molecular weight is 194 g/mol. The van der Waals surface area contributed by atoms with Gasteiger partial charge in [-0.15, -0.1) is 11.6 Å². The topological polar surface area (TPSA) is 12.0 Å². The molecule has 0 heterocycles. The van der Waals surface area contributed by atoms with Crippen LogP contribution in [0.25, 0.3) is 0 Å². The molecule has 66 valence electrons. The van der Waals surface area contributed by atoms with Crippen molar-refractivity contribution in [2.75, 3.05) is 31.0 Å². The number of hydrogen-bond acceptors (Lipinski definition) is 2. The zero-order valence-electron chi connectivity index (χ0n) is 6.98. The summed E-state index contributed by atoms with van der Waals surface area (Å²) in [6.07, 6.45) is 7.40. The first kappa shape index (κ1) is 11.3. The highest BCUT2D eigenvalue weighted by Gasteiger charge is 1.83. The molecule has 0 amide bonds. The van der Waals surface area contributed by atoms with Crippen LogP contribution in [0.5, 0.6) is 0 Å². The van der Waals surface area contributed by atoms with E-state index < -0.39 is 0 Å². The molecule has 0 rings (SSSR count). The van der Waals surface area contributed by atoms with Crippen LogP contribution in [-0.2, 0) is 0 Å². The van der Waals surface area contributed by atoms with Gasteiger partial charge in [0.1, 0.15) is 0 Å². The van der Waals surface area contributed by atoms with Crippen LogP contribution >= 0.6 is 23.4 Å². The lowest BCUT2D eigenvalue weighted by Crippen LogP contribution is -2.15. The van der Waals surface area contributed by atoms with Gasteiger partial charge in [-0.25, -0.2) is 0 Å². The maximum Gasteiger partial charge on any atom is 0.0404 e. The summed E-state index contributed by atoms with van der Waals surface area (Å²) < 4.78 is 0. The van der Waals surface area contributed by atoms with Gasteiger partial charge < -0.3 is 5.32 Å². The Bertz CT molecular complexity index is 96.1. The summed E-state index contributed by atoms with van der Waals surface area (Å²) in [5.74, 6) is 1.86. The maximum absolute atomic E-state index is 5.45. The van der Waals surface area contributed by atoms with Gasteiger partial charge in [0.15, 0.2) is 0 Å². The molecule has 0 unspecified atom stereocenters. The summed E-state index contributed by atoms with van der Waals surface area (Å²) in [5.41, 5.74) is 0. The van der Waals surface area contributed by atoms with E-state index in [-0.39, 0.29) is 0 Å². The second kappa shape index (κ2) is 10.3. The van der Waals surface area contributed by atoms with E-state index >= 15 is 0 Å². The van der Waals surface area contributed by atoms with Gasteiger partial charge in [-0.2, -0.15) is 11.8 Å². The molecule has 0 aliphatic rings.